The van der Waals surface area contributed by atoms with Gasteiger partial charge in [0.25, 0.3) is 0 Å². The van der Waals surface area contributed by atoms with Crippen LogP contribution in [0.4, 0.5) is 0 Å². The van der Waals surface area contributed by atoms with Crippen molar-refractivity contribution < 1.29 is 4.79 Å². The fourth-order valence-corrected chi connectivity index (χ4v) is 1.81. The highest BCUT2D eigenvalue weighted by atomic mass is 16.2. The zero-order valence-electron chi connectivity index (χ0n) is 9.33. The number of carbonyl (C=O) groups excluding carboxylic acids is 1. The van der Waals surface area contributed by atoms with Crippen LogP contribution in [0.25, 0.3) is 0 Å². The van der Waals surface area contributed by atoms with Gasteiger partial charge in [0.15, 0.2) is 0 Å². The minimum atomic E-state index is 0.199. The summed E-state index contributed by atoms with van der Waals surface area (Å²) in [5.41, 5.74) is 5.83. The third-order valence-corrected chi connectivity index (χ3v) is 3.03. The number of hydrogen-bond acceptors (Lipinski definition) is 2. The van der Waals surface area contributed by atoms with Gasteiger partial charge in [-0.05, 0) is 18.8 Å². The molecule has 2 atom stereocenters. The summed E-state index contributed by atoms with van der Waals surface area (Å²) in [7, 11) is 0. The molecule has 3 heteroatoms. The van der Waals surface area contributed by atoms with Crippen molar-refractivity contribution in [2.75, 3.05) is 13.1 Å². The van der Waals surface area contributed by atoms with Gasteiger partial charge in [-0.15, -0.1) is 0 Å². The molecule has 2 N–H and O–H groups in total. The van der Waals surface area contributed by atoms with Crippen molar-refractivity contribution in [2.24, 2.45) is 11.7 Å². The maximum Gasteiger partial charge on any atom is 0.222 e. The van der Waals surface area contributed by atoms with Crippen molar-refractivity contribution in [2.45, 2.75) is 45.6 Å². The number of hydrogen-bond donors (Lipinski definition) is 1. The highest BCUT2D eigenvalue weighted by Crippen LogP contribution is 2.13. The van der Waals surface area contributed by atoms with Gasteiger partial charge in [-0.25, -0.2) is 0 Å². The molecule has 1 amide bonds. The topological polar surface area (TPSA) is 46.3 Å². The van der Waals surface area contributed by atoms with Crippen LogP contribution in [0.5, 0.6) is 0 Å². The number of nitrogens with zero attached hydrogens (tertiary/aromatic N) is 1. The van der Waals surface area contributed by atoms with E-state index in [1.807, 2.05) is 4.90 Å². The molecule has 0 aromatic rings. The maximum atomic E-state index is 11.8. The Kier molecular flexibility index (Phi) is 4.39. The molecule has 0 spiro atoms. The summed E-state index contributed by atoms with van der Waals surface area (Å²) in [4.78, 5) is 13.7. The molecule has 0 radical (unpaired) electrons. The molecule has 1 rings (SSSR count). The maximum absolute atomic E-state index is 11.8. The first-order valence-electron chi connectivity index (χ1n) is 5.66. The molecule has 82 valence electrons. The van der Waals surface area contributed by atoms with Crippen LogP contribution in [0.2, 0.25) is 0 Å². The largest absolute Gasteiger partial charge is 0.341 e. The number of rotatable bonds is 3. The van der Waals surface area contributed by atoms with Gasteiger partial charge in [0, 0.05) is 25.6 Å². The highest BCUT2D eigenvalue weighted by Gasteiger charge is 2.21. The van der Waals surface area contributed by atoms with Gasteiger partial charge in [-0.2, -0.15) is 0 Å². The Morgan fingerprint density at radius 3 is 2.93 bits per heavy atom. The molecule has 3 nitrogen and oxygen atoms in total. The first kappa shape index (κ1) is 11.5. The minimum Gasteiger partial charge on any atom is -0.341 e. The number of piperidine rings is 1. The molecule has 0 bridgehead atoms. The second kappa shape index (κ2) is 5.35. The fraction of sp³-hybridized carbons (Fsp3) is 0.909. The van der Waals surface area contributed by atoms with Crippen molar-refractivity contribution in [1.82, 2.24) is 4.90 Å². The van der Waals surface area contributed by atoms with E-state index in [2.05, 4.69) is 13.8 Å². The summed E-state index contributed by atoms with van der Waals surface area (Å²) < 4.78 is 0. The van der Waals surface area contributed by atoms with Gasteiger partial charge in [0.1, 0.15) is 0 Å². The lowest BCUT2D eigenvalue weighted by Crippen LogP contribution is -2.46. The van der Waals surface area contributed by atoms with Crippen LogP contribution >= 0.6 is 0 Å². The van der Waals surface area contributed by atoms with Crippen molar-refractivity contribution in [1.29, 1.82) is 0 Å². The summed E-state index contributed by atoms with van der Waals surface area (Å²) in [5.74, 6) is 0.787. The molecule has 1 aliphatic heterocycles. The third-order valence-electron chi connectivity index (χ3n) is 3.03. The van der Waals surface area contributed by atoms with E-state index in [-0.39, 0.29) is 11.9 Å². The zero-order valence-corrected chi connectivity index (χ0v) is 9.33. The lowest BCUT2D eigenvalue weighted by atomic mass is 10.0. The van der Waals surface area contributed by atoms with Crippen LogP contribution in [0, 0.1) is 5.92 Å². The van der Waals surface area contributed by atoms with Crippen molar-refractivity contribution in [3.05, 3.63) is 0 Å². The standard InChI is InChI=1S/C11H22N2O/c1-3-9(2)7-11(14)13-6-4-5-10(12)8-13/h9-10H,3-8,12H2,1-2H3/t9-,10-/m1/s1. The number of carbonyl (C=O) groups is 1. The second-order valence-corrected chi connectivity index (χ2v) is 4.46. The fourth-order valence-electron chi connectivity index (χ4n) is 1.81. The molecule has 0 aliphatic carbocycles. The predicted molar refractivity (Wildman–Crippen MR) is 57.9 cm³/mol. The average Bonchev–Trinajstić information content (AvgIpc) is 2.17. The van der Waals surface area contributed by atoms with E-state index in [1.165, 1.54) is 0 Å². The van der Waals surface area contributed by atoms with E-state index >= 15 is 0 Å². The number of amides is 1. The van der Waals surface area contributed by atoms with Gasteiger partial charge in [-0.1, -0.05) is 20.3 Å². The monoisotopic (exact) mass is 198 g/mol. The molecule has 1 heterocycles. The van der Waals surface area contributed by atoms with Gasteiger partial charge in [0.2, 0.25) is 5.91 Å². The first-order valence-corrected chi connectivity index (χ1v) is 5.66. The molecular formula is C11H22N2O. The lowest BCUT2D eigenvalue weighted by Gasteiger charge is -2.31. The van der Waals surface area contributed by atoms with Crippen molar-refractivity contribution >= 4 is 5.91 Å². The van der Waals surface area contributed by atoms with E-state index in [0.29, 0.717) is 12.3 Å². The first-order chi connectivity index (χ1) is 6.63. The SMILES string of the molecule is CC[C@@H](C)CC(=O)N1CCC[C@@H](N)C1. The average molecular weight is 198 g/mol. The van der Waals surface area contributed by atoms with E-state index in [1.54, 1.807) is 0 Å². The van der Waals surface area contributed by atoms with Crippen LogP contribution in [0.15, 0.2) is 0 Å². The molecular weight excluding hydrogens is 176 g/mol. The summed E-state index contributed by atoms with van der Waals surface area (Å²) in [6.45, 7) is 5.92. The van der Waals surface area contributed by atoms with E-state index < -0.39 is 0 Å². The smallest absolute Gasteiger partial charge is 0.222 e. The Balaban J connectivity index is 2.36. The zero-order chi connectivity index (χ0) is 10.6. The molecule has 14 heavy (non-hydrogen) atoms. The molecule has 0 unspecified atom stereocenters. The van der Waals surface area contributed by atoms with Crippen LogP contribution in [0.1, 0.15) is 39.5 Å². The Morgan fingerprint density at radius 1 is 1.64 bits per heavy atom. The van der Waals surface area contributed by atoms with Crippen LogP contribution < -0.4 is 5.73 Å². The van der Waals surface area contributed by atoms with Gasteiger partial charge in [-0.3, -0.25) is 4.79 Å². The van der Waals surface area contributed by atoms with Crippen molar-refractivity contribution in [3.8, 4) is 0 Å². The quantitative estimate of drug-likeness (QED) is 0.744. The summed E-state index contributed by atoms with van der Waals surface area (Å²) >= 11 is 0. The molecule has 1 aliphatic rings. The minimum absolute atomic E-state index is 0.199. The summed E-state index contributed by atoms with van der Waals surface area (Å²) in [5, 5.41) is 0. The molecule has 0 saturated carbocycles. The number of nitrogens with two attached hydrogens (primary N) is 1. The van der Waals surface area contributed by atoms with E-state index in [4.69, 9.17) is 5.73 Å². The molecule has 0 aromatic carbocycles. The second-order valence-electron chi connectivity index (χ2n) is 4.46. The van der Waals surface area contributed by atoms with Crippen LogP contribution in [0.3, 0.4) is 0 Å². The Labute approximate surface area is 86.6 Å². The van der Waals surface area contributed by atoms with Gasteiger partial charge < -0.3 is 10.6 Å². The van der Waals surface area contributed by atoms with Gasteiger partial charge in [0.05, 0.1) is 0 Å². The Bertz CT molecular complexity index is 194. The van der Waals surface area contributed by atoms with Gasteiger partial charge >= 0.3 is 0 Å². The lowest BCUT2D eigenvalue weighted by molar-refractivity contribution is -0.133. The summed E-state index contributed by atoms with van der Waals surface area (Å²) in [6.07, 6.45) is 3.88. The molecule has 1 saturated heterocycles. The van der Waals surface area contributed by atoms with E-state index in [0.717, 1.165) is 32.4 Å². The normalized spacial score (nSPS) is 24.8. The third kappa shape index (κ3) is 3.29. The van der Waals surface area contributed by atoms with E-state index in [9.17, 15) is 4.79 Å². The summed E-state index contributed by atoms with van der Waals surface area (Å²) in [6, 6.07) is 0.199. The van der Waals surface area contributed by atoms with Crippen molar-refractivity contribution in [3.63, 3.8) is 0 Å². The highest BCUT2D eigenvalue weighted by molar-refractivity contribution is 5.76. The van der Waals surface area contributed by atoms with Crippen LogP contribution in [-0.2, 0) is 4.79 Å². The number of likely N-dealkylation sites (tertiary alicyclic amines) is 1. The Morgan fingerprint density at radius 2 is 2.36 bits per heavy atom. The van der Waals surface area contributed by atoms with Crippen LogP contribution in [-0.4, -0.2) is 29.9 Å². The molecule has 0 aromatic heterocycles. The Hall–Kier alpha value is -0.570. The molecule has 1 fully saturated rings. The predicted octanol–water partition coefficient (Wildman–Crippen LogP) is 1.37.